The fourth-order valence-electron chi connectivity index (χ4n) is 4.87. The third kappa shape index (κ3) is 1.89. The molecule has 0 amide bonds. The largest absolute Gasteiger partial charge is 0.380 e. The molecular formula is C16H22IN3O. The number of rotatable bonds is 3. The molecule has 5 aliphatic rings. The van der Waals surface area contributed by atoms with Crippen LogP contribution in [0.3, 0.4) is 0 Å². The molecule has 5 heteroatoms. The van der Waals surface area contributed by atoms with E-state index in [1.807, 2.05) is 0 Å². The summed E-state index contributed by atoms with van der Waals surface area (Å²) in [5.74, 6) is 2.14. The molecule has 114 valence electrons. The molecule has 4 saturated carbocycles. The molecule has 0 radical (unpaired) electrons. The van der Waals surface area contributed by atoms with Gasteiger partial charge in [0.05, 0.1) is 12.1 Å². The maximum atomic E-state index is 5.62. The van der Waals surface area contributed by atoms with Crippen LogP contribution in [0.2, 0.25) is 0 Å². The number of nitrogens with zero attached hydrogens (tertiary/aromatic N) is 3. The highest BCUT2D eigenvalue weighted by molar-refractivity contribution is 14.1. The Morgan fingerprint density at radius 3 is 2.71 bits per heavy atom. The number of hydrogen-bond donors (Lipinski definition) is 0. The lowest BCUT2D eigenvalue weighted by Gasteiger charge is -2.74. The summed E-state index contributed by atoms with van der Waals surface area (Å²) >= 11 is 2.38. The van der Waals surface area contributed by atoms with Gasteiger partial charge in [-0.2, -0.15) is 0 Å². The lowest BCUT2D eigenvalue weighted by Crippen LogP contribution is -2.78. The molecule has 0 atom stereocenters. The monoisotopic (exact) mass is 399 g/mol. The first-order valence-corrected chi connectivity index (χ1v) is 9.37. The van der Waals surface area contributed by atoms with E-state index >= 15 is 0 Å². The summed E-state index contributed by atoms with van der Waals surface area (Å²) in [6.07, 6.45) is 10.2. The van der Waals surface area contributed by atoms with E-state index in [1.165, 1.54) is 54.6 Å². The number of aromatic nitrogens is 2. The van der Waals surface area contributed by atoms with Gasteiger partial charge in [0.2, 0.25) is 0 Å². The average molecular weight is 399 g/mol. The molecule has 21 heavy (non-hydrogen) atoms. The normalized spacial score (nSPS) is 39.5. The van der Waals surface area contributed by atoms with Crippen molar-refractivity contribution in [1.82, 2.24) is 14.5 Å². The van der Waals surface area contributed by atoms with Crippen LogP contribution >= 0.6 is 22.6 Å². The van der Waals surface area contributed by atoms with Crippen LogP contribution in [0, 0.1) is 3.70 Å². The number of halogens is 1. The third-order valence-electron chi connectivity index (χ3n) is 6.02. The second-order valence-electron chi connectivity index (χ2n) is 7.50. The van der Waals surface area contributed by atoms with Crippen molar-refractivity contribution in [2.45, 2.75) is 55.5 Å². The van der Waals surface area contributed by atoms with Gasteiger partial charge in [0.15, 0.2) is 0 Å². The topological polar surface area (TPSA) is 30.3 Å². The quantitative estimate of drug-likeness (QED) is 0.733. The highest BCUT2D eigenvalue weighted by atomic mass is 127. The maximum absolute atomic E-state index is 5.62. The van der Waals surface area contributed by atoms with Gasteiger partial charge < -0.3 is 9.30 Å². The summed E-state index contributed by atoms with van der Waals surface area (Å²) in [4.78, 5) is 7.53. The number of imidazole rings is 1. The summed E-state index contributed by atoms with van der Waals surface area (Å²) in [6.45, 7) is 4.23. The van der Waals surface area contributed by atoms with Gasteiger partial charge in [-0.1, -0.05) is 0 Å². The molecule has 0 aromatic carbocycles. The zero-order chi connectivity index (χ0) is 14.1. The van der Waals surface area contributed by atoms with E-state index in [-0.39, 0.29) is 0 Å². The van der Waals surface area contributed by atoms with Crippen LogP contribution in [0.15, 0.2) is 6.20 Å². The molecule has 4 nitrogen and oxygen atoms in total. The Hall–Kier alpha value is -0.140. The number of ether oxygens (including phenoxy) is 1. The van der Waals surface area contributed by atoms with E-state index < -0.39 is 0 Å². The minimum absolute atomic E-state index is 0.418. The molecule has 1 aromatic heterocycles. The Morgan fingerprint density at radius 2 is 1.95 bits per heavy atom. The summed E-state index contributed by atoms with van der Waals surface area (Å²) in [5, 5.41) is 0. The van der Waals surface area contributed by atoms with Crippen LogP contribution in [0.4, 0.5) is 0 Å². The first kappa shape index (κ1) is 13.3. The Labute approximate surface area is 139 Å². The van der Waals surface area contributed by atoms with Crippen LogP contribution in [-0.4, -0.2) is 46.3 Å². The Bertz CT molecular complexity index is 552. The summed E-state index contributed by atoms with van der Waals surface area (Å²) in [7, 11) is 0. The van der Waals surface area contributed by atoms with Crippen molar-refractivity contribution in [3.05, 3.63) is 15.7 Å². The standard InChI is InChI=1S/C16H22IN3O/c17-13-8-20(14(18-13)12-2-3-12)16-9-15(10-16,11-16)19-4-1-6-21-7-5-19/h8,12H,1-7,9-11H2. The van der Waals surface area contributed by atoms with E-state index in [1.54, 1.807) is 0 Å². The smallest absolute Gasteiger partial charge is 0.119 e. The van der Waals surface area contributed by atoms with Crippen molar-refractivity contribution >= 4 is 22.6 Å². The predicted molar refractivity (Wildman–Crippen MR) is 88.5 cm³/mol. The van der Waals surface area contributed by atoms with Gasteiger partial charge in [-0.3, -0.25) is 4.90 Å². The van der Waals surface area contributed by atoms with E-state index in [9.17, 15) is 0 Å². The molecule has 0 N–H and O–H groups in total. The van der Waals surface area contributed by atoms with Gasteiger partial charge in [0, 0.05) is 37.4 Å². The van der Waals surface area contributed by atoms with E-state index in [0.29, 0.717) is 11.1 Å². The van der Waals surface area contributed by atoms with Gasteiger partial charge in [0.25, 0.3) is 0 Å². The summed E-state index contributed by atoms with van der Waals surface area (Å²) in [5.41, 5.74) is 0.922. The molecule has 4 aliphatic carbocycles. The zero-order valence-corrected chi connectivity index (χ0v) is 14.5. The molecule has 0 unspecified atom stereocenters. The molecule has 2 heterocycles. The average Bonchev–Trinajstić information content (AvgIpc) is 3.16. The number of hydrogen-bond acceptors (Lipinski definition) is 3. The van der Waals surface area contributed by atoms with E-state index in [0.717, 1.165) is 25.7 Å². The van der Waals surface area contributed by atoms with E-state index in [4.69, 9.17) is 9.72 Å². The fourth-order valence-corrected chi connectivity index (χ4v) is 5.39. The summed E-state index contributed by atoms with van der Waals surface area (Å²) in [6, 6.07) is 0. The molecule has 1 saturated heterocycles. The lowest BCUT2D eigenvalue weighted by molar-refractivity contribution is -0.206. The second kappa shape index (κ2) is 4.45. The Balaban J connectivity index is 1.36. The Kier molecular flexibility index (Phi) is 2.82. The molecule has 6 rings (SSSR count). The molecule has 1 aliphatic heterocycles. The Morgan fingerprint density at radius 1 is 1.14 bits per heavy atom. The van der Waals surface area contributed by atoms with Crippen molar-refractivity contribution in [3.8, 4) is 0 Å². The second-order valence-corrected chi connectivity index (χ2v) is 8.60. The zero-order valence-electron chi connectivity index (χ0n) is 12.4. The fraction of sp³-hybridized carbons (Fsp3) is 0.812. The minimum atomic E-state index is 0.418. The minimum Gasteiger partial charge on any atom is -0.380 e. The van der Waals surface area contributed by atoms with Crippen LogP contribution in [0.5, 0.6) is 0 Å². The van der Waals surface area contributed by atoms with Crippen molar-refractivity contribution in [3.63, 3.8) is 0 Å². The van der Waals surface area contributed by atoms with E-state index in [2.05, 4.69) is 38.3 Å². The van der Waals surface area contributed by atoms with Gasteiger partial charge in [0.1, 0.15) is 9.53 Å². The van der Waals surface area contributed by atoms with Crippen LogP contribution < -0.4 is 0 Å². The highest BCUT2D eigenvalue weighted by Gasteiger charge is 2.71. The predicted octanol–water partition coefficient (Wildman–Crippen LogP) is 2.72. The molecule has 0 spiro atoms. The highest BCUT2D eigenvalue weighted by Crippen LogP contribution is 2.68. The third-order valence-corrected chi connectivity index (χ3v) is 6.54. The lowest BCUT2D eigenvalue weighted by atomic mass is 9.43. The van der Waals surface area contributed by atoms with Crippen molar-refractivity contribution in [2.24, 2.45) is 0 Å². The van der Waals surface area contributed by atoms with Crippen LogP contribution in [-0.2, 0) is 10.3 Å². The summed E-state index contributed by atoms with van der Waals surface area (Å²) < 4.78 is 9.37. The van der Waals surface area contributed by atoms with Gasteiger partial charge in [-0.15, -0.1) is 0 Å². The van der Waals surface area contributed by atoms with Gasteiger partial charge in [-0.25, -0.2) is 4.98 Å². The van der Waals surface area contributed by atoms with Crippen LogP contribution in [0.1, 0.15) is 50.3 Å². The molecule has 2 bridgehead atoms. The van der Waals surface area contributed by atoms with Crippen molar-refractivity contribution in [2.75, 3.05) is 26.3 Å². The van der Waals surface area contributed by atoms with Crippen LogP contribution in [0.25, 0.3) is 0 Å². The molecule has 1 aromatic rings. The first-order valence-electron chi connectivity index (χ1n) is 8.29. The molecular weight excluding hydrogens is 377 g/mol. The van der Waals surface area contributed by atoms with Crippen molar-refractivity contribution in [1.29, 1.82) is 0 Å². The van der Waals surface area contributed by atoms with Gasteiger partial charge >= 0.3 is 0 Å². The van der Waals surface area contributed by atoms with Crippen molar-refractivity contribution < 1.29 is 4.74 Å². The molecule has 5 fully saturated rings. The maximum Gasteiger partial charge on any atom is 0.119 e. The first-order chi connectivity index (χ1) is 10.2. The van der Waals surface area contributed by atoms with Gasteiger partial charge in [-0.05, 0) is 61.1 Å². The SMILES string of the molecule is Ic1cn(C23CC(N4CCCOCC4)(C2)C3)c(C2CC2)n1.